The zero-order chi connectivity index (χ0) is 20.9. The predicted molar refractivity (Wildman–Crippen MR) is 114 cm³/mol. The highest BCUT2D eigenvalue weighted by Crippen LogP contribution is 2.21. The third-order valence-corrected chi connectivity index (χ3v) is 6.15. The molecular weight excluding hydrogens is 390 g/mol. The number of nitrogens with zero attached hydrogens (tertiary/aromatic N) is 1. The van der Waals surface area contributed by atoms with Crippen molar-refractivity contribution in [2.75, 3.05) is 42.9 Å². The van der Waals surface area contributed by atoms with E-state index in [1.165, 1.54) is 0 Å². The number of rotatable bonds is 7. The van der Waals surface area contributed by atoms with Crippen molar-refractivity contribution in [3.8, 4) is 0 Å². The number of sulfonamides is 1. The zero-order valence-corrected chi connectivity index (χ0v) is 17.5. The summed E-state index contributed by atoms with van der Waals surface area (Å²) in [5, 5.41) is 2.83. The van der Waals surface area contributed by atoms with Crippen LogP contribution in [0.1, 0.15) is 25.3 Å². The van der Waals surface area contributed by atoms with Crippen LogP contribution in [0.25, 0.3) is 0 Å². The average Bonchev–Trinajstić information content (AvgIpc) is 2.70. The van der Waals surface area contributed by atoms with Gasteiger partial charge < -0.3 is 10.1 Å². The van der Waals surface area contributed by atoms with Crippen LogP contribution >= 0.6 is 0 Å². The fraction of sp³-hybridized carbons (Fsp3) is 0.381. The van der Waals surface area contributed by atoms with Gasteiger partial charge in [0.1, 0.15) is 0 Å². The van der Waals surface area contributed by atoms with Crippen molar-refractivity contribution >= 4 is 27.3 Å². The van der Waals surface area contributed by atoms with Gasteiger partial charge in [0.15, 0.2) is 0 Å². The molecule has 1 saturated heterocycles. The summed E-state index contributed by atoms with van der Waals surface area (Å²) in [5.41, 5.74) is 2.14. The van der Waals surface area contributed by atoms with Crippen molar-refractivity contribution in [2.24, 2.45) is 0 Å². The van der Waals surface area contributed by atoms with Gasteiger partial charge in [-0.3, -0.25) is 14.4 Å². The number of morpholine rings is 1. The topological polar surface area (TPSA) is 87.7 Å². The first-order chi connectivity index (χ1) is 13.8. The van der Waals surface area contributed by atoms with Crippen molar-refractivity contribution in [1.82, 2.24) is 4.90 Å². The molecule has 1 fully saturated rings. The molecule has 2 aromatic carbocycles. The van der Waals surface area contributed by atoms with Gasteiger partial charge in [-0.1, -0.05) is 26.0 Å². The van der Waals surface area contributed by atoms with Gasteiger partial charge in [-0.25, -0.2) is 8.42 Å². The van der Waals surface area contributed by atoms with Crippen molar-refractivity contribution < 1.29 is 17.9 Å². The Labute approximate surface area is 172 Å². The summed E-state index contributed by atoms with van der Waals surface area (Å²) < 4.78 is 33.0. The van der Waals surface area contributed by atoms with Gasteiger partial charge in [-0.2, -0.15) is 0 Å². The van der Waals surface area contributed by atoms with E-state index in [1.807, 2.05) is 17.0 Å². The molecule has 1 aliphatic heterocycles. The van der Waals surface area contributed by atoms with Crippen LogP contribution in [-0.2, 0) is 19.6 Å². The van der Waals surface area contributed by atoms with Gasteiger partial charge in [-0.15, -0.1) is 0 Å². The number of ether oxygens (including phenoxy) is 1. The fourth-order valence-corrected chi connectivity index (χ4v) is 4.09. The van der Waals surface area contributed by atoms with E-state index in [0.717, 1.165) is 18.7 Å². The van der Waals surface area contributed by atoms with Crippen LogP contribution in [-0.4, -0.2) is 52.1 Å². The summed E-state index contributed by atoms with van der Waals surface area (Å²) in [7, 11) is -3.67. The van der Waals surface area contributed by atoms with Crippen LogP contribution < -0.4 is 10.0 Å². The van der Waals surface area contributed by atoms with Crippen LogP contribution in [0.15, 0.2) is 53.4 Å². The minimum atomic E-state index is -3.67. The molecule has 1 amide bonds. The quantitative estimate of drug-likeness (QED) is 0.723. The van der Waals surface area contributed by atoms with E-state index in [-0.39, 0.29) is 10.8 Å². The molecule has 0 bridgehead atoms. The van der Waals surface area contributed by atoms with Gasteiger partial charge in [0.05, 0.1) is 24.7 Å². The molecule has 2 aromatic rings. The minimum Gasteiger partial charge on any atom is -0.379 e. The summed E-state index contributed by atoms with van der Waals surface area (Å²) in [4.78, 5) is 14.4. The molecule has 7 nitrogen and oxygen atoms in total. The van der Waals surface area contributed by atoms with E-state index in [9.17, 15) is 13.2 Å². The summed E-state index contributed by atoms with van der Waals surface area (Å²) in [6.07, 6.45) is 0. The molecule has 0 aliphatic carbocycles. The van der Waals surface area contributed by atoms with Gasteiger partial charge in [0, 0.05) is 24.5 Å². The molecule has 0 aromatic heterocycles. The molecule has 8 heteroatoms. The van der Waals surface area contributed by atoms with Gasteiger partial charge in [0.2, 0.25) is 5.91 Å². The molecule has 0 radical (unpaired) electrons. The standard InChI is InChI=1S/C21H27N3O4S/c1-16(2)17-3-9-20(10-4-17)29(26,27)23-19-7-5-18(6-8-19)22-21(25)15-24-11-13-28-14-12-24/h3-10,16,23H,11-15H2,1-2H3,(H,22,25). The molecule has 1 aliphatic rings. The number of carbonyl (C=O) groups excluding carboxylic acids is 1. The number of hydrogen-bond acceptors (Lipinski definition) is 5. The van der Waals surface area contributed by atoms with Crippen molar-refractivity contribution in [3.63, 3.8) is 0 Å². The van der Waals surface area contributed by atoms with E-state index >= 15 is 0 Å². The lowest BCUT2D eigenvalue weighted by Crippen LogP contribution is -2.41. The normalized spacial score (nSPS) is 15.3. The van der Waals surface area contributed by atoms with E-state index in [1.54, 1.807) is 36.4 Å². The summed E-state index contributed by atoms with van der Waals surface area (Å²) in [5.74, 6) is 0.233. The summed E-state index contributed by atoms with van der Waals surface area (Å²) >= 11 is 0. The number of nitrogens with one attached hydrogen (secondary N) is 2. The molecule has 1 heterocycles. The number of hydrogen-bond donors (Lipinski definition) is 2. The van der Waals surface area contributed by atoms with Gasteiger partial charge in [-0.05, 0) is 47.9 Å². The molecular formula is C21H27N3O4S. The Balaban J connectivity index is 1.58. The highest BCUT2D eigenvalue weighted by molar-refractivity contribution is 7.92. The van der Waals surface area contributed by atoms with E-state index in [2.05, 4.69) is 23.9 Å². The van der Waals surface area contributed by atoms with Crippen LogP contribution in [0.5, 0.6) is 0 Å². The SMILES string of the molecule is CC(C)c1ccc(S(=O)(=O)Nc2ccc(NC(=O)CN3CCOCC3)cc2)cc1. The van der Waals surface area contributed by atoms with Crippen LogP contribution in [0.3, 0.4) is 0 Å². The van der Waals surface area contributed by atoms with Gasteiger partial charge in [0.25, 0.3) is 10.0 Å². The maximum Gasteiger partial charge on any atom is 0.261 e. The van der Waals surface area contributed by atoms with Crippen LogP contribution in [0.4, 0.5) is 11.4 Å². The summed E-state index contributed by atoms with van der Waals surface area (Å²) in [6.45, 7) is 7.19. The molecule has 156 valence electrons. The third-order valence-electron chi connectivity index (χ3n) is 4.75. The van der Waals surface area contributed by atoms with Crippen molar-refractivity contribution in [1.29, 1.82) is 0 Å². The second kappa shape index (κ2) is 9.39. The van der Waals surface area contributed by atoms with E-state index in [0.29, 0.717) is 37.1 Å². The first kappa shape index (κ1) is 21.3. The van der Waals surface area contributed by atoms with E-state index in [4.69, 9.17) is 4.74 Å². The lowest BCUT2D eigenvalue weighted by molar-refractivity contribution is -0.118. The number of anilines is 2. The summed E-state index contributed by atoms with van der Waals surface area (Å²) in [6, 6.07) is 13.5. The van der Waals surface area contributed by atoms with Crippen LogP contribution in [0, 0.1) is 0 Å². The highest BCUT2D eigenvalue weighted by atomic mass is 32.2. The number of amides is 1. The molecule has 0 saturated carbocycles. The monoisotopic (exact) mass is 417 g/mol. The Morgan fingerprint density at radius 3 is 2.17 bits per heavy atom. The second-order valence-corrected chi connectivity index (χ2v) is 9.03. The number of benzene rings is 2. The fourth-order valence-electron chi connectivity index (χ4n) is 3.03. The Kier molecular flexibility index (Phi) is 6.89. The largest absolute Gasteiger partial charge is 0.379 e. The Morgan fingerprint density at radius 1 is 1.00 bits per heavy atom. The van der Waals surface area contributed by atoms with Crippen LogP contribution in [0.2, 0.25) is 0 Å². The smallest absolute Gasteiger partial charge is 0.261 e. The Hall–Kier alpha value is -2.42. The maximum atomic E-state index is 12.6. The van der Waals surface area contributed by atoms with Gasteiger partial charge >= 0.3 is 0 Å². The Morgan fingerprint density at radius 2 is 1.59 bits per heavy atom. The first-order valence-electron chi connectivity index (χ1n) is 9.66. The number of carbonyl (C=O) groups is 1. The molecule has 0 atom stereocenters. The zero-order valence-electron chi connectivity index (χ0n) is 16.7. The molecule has 0 unspecified atom stereocenters. The average molecular weight is 418 g/mol. The van der Waals surface area contributed by atoms with Crippen molar-refractivity contribution in [3.05, 3.63) is 54.1 Å². The molecule has 3 rings (SSSR count). The Bertz CT molecular complexity index is 919. The lowest BCUT2D eigenvalue weighted by atomic mass is 10.0. The first-order valence-corrected chi connectivity index (χ1v) is 11.1. The van der Waals surface area contributed by atoms with E-state index < -0.39 is 10.0 Å². The highest BCUT2D eigenvalue weighted by Gasteiger charge is 2.16. The molecule has 2 N–H and O–H groups in total. The van der Waals surface area contributed by atoms with Crippen molar-refractivity contribution in [2.45, 2.75) is 24.7 Å². The third kappa shape index (κ3) is 6.03. The second-order valence-electron chi connectivity index (χ2n) is 7.34. The minimum absolute atomic E-state index is 0.106. The predicted octanol–water partition coefficient (Wildman–Crippen LogP) is 2.88. The molecule has 29 heavy (non-hydrogen) atoms. The molecule has 0 spiro atoms. The maximum absolute atomic E-state index is 12.6. The lowest BCUT2D eigenvalue weighted by Gasteiger charge is -2.25.